The summed E-state index contributed by atoms with van der Waals surface area (Å²) in [6, 6.07) is 17.4. The molecule has 2 rings (SSSR count). The molecule has 4 heteroatoms. The third kappa shape index (κ3) is 6.63. The first kappa shape index (κ1) is 20.0. The van der Waals surface area contributed by atoms with Gasteiger partial charge >= 0.3 is 0 Å². The zero-order chi connectivity index (χ0) is 12.8. The second-order valence-corrected chi connectivity index (χ2v) is 3.77. The van der Waals surface area contributed by atoms with Gasteiger partial charge in [-0.05, 0) is 13.1 Å². The monoisotopic (exact) mass is 410 g/mol. The van der Waals surface area contributed by atoms with Crippen LogP contribution in [0.15, 0.2) is 46.4 Å². The fourth-order valence-electron chi connectivity index (χ4n) is 1.40. The van der Waals surface area contributed by atoms with Crippen molar-refractivity contribution in [3.63, 3.8) is 0 Å². The van der Waals surface area contributed by atoms with Crippen molar-refractivity contribution >= 4 is 23.8 Å². The molecular weight excluding hydrogens is 398 g/mol. The second kappa shape index (κ2) is 10.7. The Morgan fingerprint density at radius 2 is 1.55 bits per heavy atom. The van der Waals surface area contributed by atoms with Crippen molar-refractivity contribution in [3.05, 3.63) is 59.7 Å². The first-order valence-corrected chi connectivity index (χ1v) is 5.62. The van der Waals surface area contributed by atoms with Crippen LogP contribution in [-0.4, -0.2) is 12.4 Å². The maximum Gasteiger partial charge on any atom is 0 e. The van der Waals surface area contributed by atoms with Gasteiger partial charge in [-0.2, -0.15) is 6.21 Å². The summed E-state index contributed by atoms with van der Waals surface area (Å²) in [6.45, 7) is 3.79. The predicted molar refractivity (Wildman–Crippen MR) is 74.3 cm³/mol. The molecule has 0 fully saturated rings. The van der Waals surface area contributed by atoms with Crippen LogP contribution in [0.4, 0.5) is 11.4 Å². The molecule has 0 unspecified atom stereocenters. The van der Waals surface area contributed by atoms with E-state index < -0.39 is 0 Å². The van der Waals surface area contributed by atoms with Crippen molar-refractivity contribution in [1.29, 1.82) is 0 Å². The Kier molecular flexibility index (Phi) is 10.7. The van der Waals surface area contributed by atoms with E-state index in [0.29, 0.717) is 11.4 Å². The molecule has 2 nitrogen and oxygen atoms in total. The molecule has 0 atom stereocenters. The maximum absolute atomic E-state index is 4.24. The number of hydrogen-bond acceptors (Lipinski definition) is 2. The zero-order valence-electron chi connectivity index (χ0n) is 11.5. The van der Waals surface area contributed by atoms with Crippen LogP contribution in [-0.2, 0) is 65.4 Å². The van der Waals surface area contributed by atoms with Crippen molar-refractivity contribution in [1.82, 2.24) is 0 Å². The molecule has 2 radical (unpaired) electrons. The number of aryl methyl sites for hydroxylation is 1. The summed E-state index contributed by atoms with van der Waals surface area (Å²) in [5.74, 6) is 0. The molecule has 0 aromatic heterocycles. The minimum atomic E-state index is 0. The zero-order valence-corrected chi connectivity index (χ0v) is 17.2. The van der Waals surface area contributed by atoms with Gasteiger partial charge in [0, 0.05) is 65.4 Å². The molecule has 96 valence electrons. The van der Waals surface area contributed by atoms with E-state index in [1.807, 2.05) is 31.2 Å². The van der Waals surface area contributed by atoms with Crippen molar-refractivity contribution < 1.29 is 65.4 Å². The van der Waals surface area contributed by atoms with Gasteiger partial charge in [0.2, 0.25) is 0 Å². The van der Waals surface area contributed by atoms with Crippen LogP contribution in [0.5, 0.6) is 0 Å². The van der Waals surface area contributed by atoms with E-state index in [9.17, 15) is 0 Å². The molecule has 0 amide bonds. The smallest absolute Gasteiger partial charge is 0 e. The predicted octanol–water partition coefficient (Wildman–Crippen LogP) is 3.82. The van der Waals surface area contributed by atoms with Crippen LogP contribution in [0.2, 0.25) is 0 Å². The van der Waals surface area contributed by atoms with E-state index in [0.717, 1.165) is 5.56 Å². The average molecular weight is 410 g/mol. The Morgan fingerprint density at radius 1 is 0.950 bits per heavy atom. The molecule has 0 N–H and O–H groups in total. The topological polar surface area (TPSA) is 24.7 Å². The Balaban J connectivity index is 0.00000180. The van der Waals surface area contributed by atoms with Gasteiger partial charge in [0.05, 0.1) is 0 Å². The summed E-state index contributed by atoms with van der Waals surface area (Å²) >= 11 is 0. The van der Waals surface area contributed by atoms with Crippen LogP contribution >= 0.6 is 0 Å². The molecule has 0 bridgehead atoms. The molecule has 20 heavy (non-hydrogen) atoms. The third-order valence-corrected chi connectivity index (χ3v) is 2.30. The summed E-state index contributed by atoms with van der Waals surface area (Å²) in [4.78, 5) is 8.26. The number of nitrogens with zero attached hydrogens (tertiary/aromatic N) is 2. The van der Waals surface area contributed by atoms with Gasteiger partial charge in [-0.1, -0.05) is 5.56 Å². The van der Waals surface area contributed by atoms with Gasteiger partial charge in [0.1, 0.15) is 0 Å². The molecule has 0 spiro atoms. The van der Waals surface area contributed by atoms with Crippen molar-refractivity contribution in [2.24, 2.45) is 9.98 Å². The summed E-state index contributed by atoms with van der Waals surface area (Å²) in [5, 5.41) is 0. The minimum absolute atomic E-state index is 0. The first-order valence-electron chi connectivity index (χ1n) is 5.62. The van der Waals surface area contributed by atoms with E-state index in [1.54, 1.807) is 19.1 Å². The van der Waals surface area contributed by atoms with Gasteiger partial charge in [-0.15, -0.1) is 36.8 Å². The largest absolute Gasteiger partial charge is 0.506 e. The molecule has 2 aromatic carbocycles. The van der Waals surface area contributed by atoms with Gasteiger partial charge in [-0.3, -0.25) is 5.69 Å². The molecular formula is C16H12N2Y2-4. The van der Waals surface area contributed by atoms with E-state index in [4.69, 9.17) is 0 Å². The van der Waals surface area contributed by atoms with E-state index in [1.165, 1.54) is 5.56 Å². The summed E-state index contributed by atoms with van der Waals surface area (Å²) in [5.41, 5.74) is 3.54. The number of rotatable bonds is 3. The Bertz CT molecular complexity index is 575. The fourth-order valence-corrected chi connectivity index (χ4v) is 1.40. The van der Waals surface area contributed by atoms with Crippen LogP contribution in [0.3, 0.4) is 0 Å². The average Bonchev–Trinajstić information content (AvgIpc) is 2.39. The molecule has 0 heterocycles. The van der Waals surface area contributed by atoms with Crippen molar-refractivity contribution in [3.8, 4) is 0 Å². The van der Waals surface area contributed by atoms with Gasteiger partial charge in [-0.25, -0.2) is 0 Å². The summed E-state index contributed by atoms with van der Waals surface area (Å²) in [7, 11) is 0. The molecule has 2 aromatic rings. The van der Waals surface area contributed by atoms with Gasteiger partial charge in [0.15, 0.2) is 0 Å². The fraction of sp³-hybridized carbons (Fsp3) is 0.125. The van der Waals surface area contributed by atoms with Crippen LogP contribution < -0.4 is 0 Å². The van der Waals surface area contributed by atoms with Crippen molar-refractivity contribution in [2.45, 2.75) is 13.8 Å². The molecule has 0 saturated carbocycles. The van der Waals surface area contributed by atoms with Gasteiger partial charge < -0.3 is 39.9 Å². The maximum atomic E-state index is 4.24. The number of aliphatic imine (C=N–C) groups is 2. The quantitative estimate of drug-likeness (QED) is 0.543. The Labute approximate surface area is 171 Å². The molecule has 0 aliphatic rings. The standard InChI is InChI=1S/C16H12N2.2Y/c1-3-17-15-5-4-6-16(11-15)18-12-14-9-7-13(2)8-10-14;;/h4,7-11H,1-2H3;;/q-4;;. The summed E-state index contributed by atoms with van der Waals surface area (Å²) in [6.07, 6.45) is 5.68. The first-order chi connectivity index (χ1) is 8.78. The molecule has 0 aliphatic heterocycles. The number of benzene rings is 2. The van der Waals surface area contributed by atoms with Crippen LogP contribution in [0.25, 0.3) is 0 Å². The van der Waals surface area contributed by atoms with Crippen LogP contribution in [0, 0.1) is 19.1 Å². The number of hydrogen-bond donors (Lipinski definition) is 0. The van der Waals surface area contributed by atoms with Crippen molar-refractivity contribution in [2.75, 3.05) is 0 Å². The SMILES string of the molecule is C[C-]=Nc1[c-]c[c-]c(N=[C-]c2ccc(C)cc2)c1.[Y].[Y]. The molecule has 0 aliphatic carbocycles. The Morgan fingerprint density at radius 3 is 2.15 bits per heavy atom. The van der Waals surface area contributed by atoms with E-state index >= 15 is 0 Å². The minimum Gasteiger partial charge on any atom is -0.506 e. The second-order valence-electron chi connectivity index (χ2n) is 3.77. The normalized spacial score (nSPS) is 10.3. The third-order valence-electron chi connectivity index (χ3n) is 2.30. The van der Waals surface area contributed by atoms with Gasteiger partial charge in [0.25, 0.3) is 0 Å². The van der Waals surface area contributed by atoms with Crippen LogP contribution in [0.1, 0.15) is 18.1 Å². The van der Waals surface area contributed by atoms with E-state index in [-0.39, 0.29) is 65.4 Å². The molecule has 0 saturated heterocycles. The Hall–Kier alpha value is -0.0122. The summed E-state index contributed by atoms with van der Waals surface area (Å²) < 4.78 is 0. The van der Waals surface area contributed by atoms with E-state index in [2.05, 4.69) is 34.5 Å².